The van der Waals surface area contributed by atoms with Gasteiger partial charge >= 0.3 is 0 Å². The molecule has 1 aliphatic carbocycles. The lowest BCUT2D eigenvalue weighted by Crippen LogP contribution is -2.25. The van der Waals surface area contributed by atoms with E-state index in [-0.39, 0.29) is 5.41 Å². The van der Waals surface area contributed by atoms with Crippen molar-refractivity contribution in [1.82, 2.24) is 4.98 Å². The van der Waals surface area contributed by atoms with Crippen molar-refractivity contribution in [1.29, 1.82) is 0 Å². The Bertz CT molecular complexity index is 548. The number of thiazole rings is 1. The maximum atomic E-state index is 12.4. The monoisotopic (exact) mass is 259 g/mol. The summed E-state index contributed by atoms with van der Waals surface area (Å²) >= 11 is 1.65. The third-order valence-corrected chi connectivity index (χ3v) is 5.07. The number of para-hydroxylation sites is 1. The molecule has 2 aromatic rings. The van der Waals surface area contributed by atoms with E-state index in [1.165, 1.54) is 17.5 Å². The largest absolute Gasteiger partial charge is 0.299 e. The SMILES string of the molecule is CC1(C(=O)Cc2nc3ccccc3s2)CCCC1. The molecule has 0 unspecified atom stereocenters. The summed E-state index contributed by atoms with van der Waals surface area (Å²) in [6.45, 7) is 2.12. The molecule has 0 radical (unpaired) electrons. The first-order chi connectivity index (χ1) is 8.67. The van der Waals surface area contributed by atoms with E-state index in [9.17, 15) is 4.79 Å². The molecule has 0 spiro atoms. The summed E-state index contributed by atoms with van der Waals surface area (Å²) < 4.78 is 1.18. The predicted octanol–water partition coefficient (Wildman–Crippen LogP) is 3.99. The number of carbonyl (C=O) groups is 1. The number of fused-ring (bicyclic) bond motifs is 1. The average molecular weight is 259 g/mol. The van der Waals surface area contributed by atoms with Gasteiger partial charge in [0, 0.05) is 5.41 Å². The van der Waals surface area contributed by atoms with Crippen molar-refractivity contribution in [3.05, 3.63) is 29.3 Å². The van der Waals surface area contributed by atoms with Crippen LogP contribution < -0.4 is 0 Å². The number of rotatable bonds is 3. The van der Waals surface area contributed by atoms with Gasteiger partial charge in [-0.05, 0) is 25.0 Å². The zero-order valence-electron chi connectivity index (χ0n) is 10.6. The van der Waals surface area contributed by atoms with E-state index >= 15 is 0 Å². The molecule has 1 aromatic carbocycles. The van der Waals surface area contributed by atoms with Crippen molar-refractivity contribution in [2.24, 2.45) is 5.41 Å². The Hall–Kier alpha value is -1.22. The molecule has 0 amide bonds. The molecule has 0 N–H and O–H groups in total. The molecule has 0 saturated heterocycles. The molecule has 0 atom stereocenters. The predicted molar refractivity (Wildman–Crippen MR) is 74.9 cm³/mol. The highest BCUT2D eigenvalue weighted by Crippen LogP contribution is 2.39. The highest BCUT2D eigenvalue weighted by Gasteiger charge is 2.35. The summed E-state index contributed by atoms with van der Waals surface area (Å²) in [4.78, 5) is 16.9. The van der Waals surface area contributed by atoms with Crippen molar-refractivity contribution in [2.45, 2.75) is 39.0 Å². The topological polar surface area (TPSA) is 30.0 Å². The van der Waals surface area contributed by atoms with Gasteiger partial charge < -0.3 is 0 Å². The molecule has 2 nitrogen and oxygen atoms in total. The van der Waals surface area contributed by atoms with E-state index in [1.54, 1.807) is 11.3 Å². The Morgan fingerprint density at radius 2 is 2.06 bits per heavy atom. The molecular weight excluding hydrogens is 242 g/mol. The molecule has 18 heavy (non-hydrogen) atoms. The summed E-state index contributed by atoms with van der Waals surface area (Å²) in [6, 6.07) is 8.09. The molecule has 0 bridgehead atoms. The number of ketones is 1. The van der Waals surface area contributed by atoms with E-state index in [4.69, 9.17) is 0 Å². The second-order valence-electron chi connectivity index (χ2n) is 5.44. The maximum absolute atomic E-state index is 12.4. The Labute approximate surface area is 111 Å². The summed E-state index contributed by atoms with van der Waals surface area (Å²) in [5.41, 5.74) is 0.930. The normalized spacial score (nSPS) is 18.3. The third-order valence-electron chi connectivity index (χ3n) is 4.03. The van der Waals surface area contributed by atoms with E-state index in [0.717, 1.165) is 23.4 Å². The fraction of sp³-hybridized carbons (Fsp3) is 0.467. The second-order valence-corrected chi connectivity index (χ2v) is 6.56. The van der Waals surface area contributed by atoms with Gasteiger partial charge in [-0.1, -0.05) is 31.9 Å². The lowest BCUT2D eigenvalue weighted by Gasteiger charge is -2.20. The summed E-state index contributed by atoms with van der Waals surface area (Å²) in [5, 5.41) is 0.967. The van der Waals surface area contributed by atoms with Gasteiger partial charge in [0.25, 0.3) is 0 Å². The van der Waals surface area contributed by atoms with Gasteiger partial charge in [-0.25, -0.2) is 4.98 Å². The minimum absolute atomic E-state index is 0.0855. The first kappa shape index (κ1) is 11.8. The van der Waals surface area contributed by atoms with Crippen LogP contribution in [0.5, 0.6) is 0 Å². The fourth-order valence-corrected chi connectivity index (χ4v) is 3.75. The number of aromatic nitrogens is 1. The quantitative estimate of drug-likeness (QED) is 0.834. The number of benzene rings is 1. The third kappa shape index (κ3) is 2.07. The van der Waals surface area contributed by atoms with Crippen LogP contribution in [0.2, 0.25) is 0 Å². The standard InChI is InChI=1S/C15H17NOS/c1-15(8-4-5-9-15)13(17)10-14-16-11-6-2-3-7-12(11)18-14/h2-3,6-7H,4-5,8-10H2,1H3. The molecule has 1 heterocycles. The fourth-order valence-electron chi connectivity index (χ4n) is 2.78. The van der Waals surface area contributed by atoms with Crippen LogP contribution in [0.3, 0.4) is 0 Å². The van der Waals surface area contributed by atoms with Gasteiger partial charge in [-0.15, -0.1) is 11.3 Å². The van der Waals surface area contributed by atoms with Gasteiger partial charge in [0.1, 0.15) is 10.8 Å². The molecule has 1 aliphatic rings. The van der Waals surface area contributed by atoms with Crippen LogP contribution in [0.15, 0.2) is 24.3 Å². The molecule has 0 aliphatic heterocycles. The smallest absolute Gasteiger partial charge is 0.145 e. The molecule has 1 aromatic heterocycles. The van der Waals surface area contributed by atoms with Crippen LogP contribution in [0, 0.1) is 5.41 Å². The van der Waals surface area contributed by atoms with Crippen LogP contribution in [-0.4, -0.2) is 10.8 Å². The number of hydrogen-bond acceptors (Lipinski definition) is 3. The highest BCUT2D eigenvalue weighted by atomic mass is 32.1. The van der Waals surface area contributed by atoms with Crippen molar-refractivity contribution < 1.29 is 4.79 Å². The maximum Gasteiger partial charge on any atom is 0.145 e. The van der Waals surface area contributed by atoms with E-state index in [1.807, 2.05) is 18.2 Å². The van der Waals surface area contributed by atoms with Crippen molar-refractivity contribution in [3.63, 3.8) is 0 Å². The Balaban J connectivity index is 1.81. The van der Waals surface area contributed by atoms with Crippen molar-refractivity contribution in [2.75, 3.05) is 0 Å². The van der Waals surface area contributed by atoms with Crippen molar-refractivity contribution >= 4 is 27.3 Å². The molecule has 1 fully saturated rings. The highest BCUT2D eigenvalue weighted by molar-refractivity contribution is 7.18. The minimum Gasteiger partial charge on any atom is -0.299 e. The first-order valence-corrected chi connectivity index (χ1v) is 7.37. The van der Waals surface area contributed by atoms with Gasteiger partial charge in [-0.2, -0.15) is 0 Å². The molecular formula is C15H17NOS. The molecule has 3 rings (SSSR count). The number of hydrogen-bond donors (Lipinski definition) is 0. The summed E-state index contributed by atoms with van der Waals surface area (Å²) in [7, 11) is 0. The Morgan fingerprint density at radius 1 is 1.33 bits per heavy atom. The van der Waals surface area contributed by atoms with Crippen LogP contribution in [0.1, 0.15) is 37.6 Å². The van der Waals surface area contributed by atoms with E-state index in [0.29, 0.717) is 12.2 Å². The summed E-state index contributed by atoms with van der Waals surface area (Å²) in [5.74, 6) is 0.374. The van der Waals surface area contributed by atoms with Crippen LogP contribution in [0.25, 0.3) is 10.2 Å². The Morgan fingerprint density at radius 3 is 2.78 bits per heavy atom. The summed E-state index contributed by atoms with van der Waals surface area (Å²) in [6.07, 6.45) is 5.01. The Kier molecular flexibility index (Phi) is 2.94. The van der Waals surface area contributed by atoms with Gasteiger partial charge in [0.05, 0.1) is 16.6 Å². The molecule has 94 valence electrons. The number of carbonyl (C=O) groups excluding carboxylic acids is 1. The minimum atomic E-state index is -0.0855. The van der Waals surface area contributed by atoms with Gasteiger partial charge in [0.15, 0.2) is 0 Å². The lowest BCUT2D eigenvalue weighted by molar-refractivity contribution is -0.126. The number of Topliss-reactive ketones (excluding diaryl/α,β-unsaturated/α-hetero) is 1. The zero-order chi connectivity index (χ0) is 12.6. The van der Waals surface area contributed by atoms with E-state index in [2.05, 4.69) is 18.0 Å². The van der Waals surface area contributed by atoms with E-state index < -0.39 is 0 Å². The lowest BCUT2D eigenvalue weighted by atomic mass is 9.83. The molecule has 1 saturated carbocycles. The zero-order valence-corrected chi connectivity index (χ0v) is 11.4. The average Bonchev–Trinajstić information content (AvgIpc) is 2.95. The van der Waals surface area contributed by atoms with Gasteiger partial charge in [-0.3, -0.25) is 4.79 Å². The molecule has 3 heteroatoms. The second kappa shape index (κ2) is 4.47. The van der Waals surface area contributed by atoms with Crippen LogP contribution in [-0.2, 0) is 11.2 Å². The number of nitrogens with zero attached hydrogens (tertiary/aromatic N) is 1. The van der Waals surface area contributed by atoms with Crippen LogP contribution >= 0.6 is 11.3 Å². The van der Waals surface area contributed by atoms with Crippen molar-refractivity contribution in [3.8, 4) is 0 Å². The van der Waals surface area contributed by atoms with Gasteiger partial charge in [0.2, 0.25) is 0 Å². The van der Waals surface area contributed by atoms with Crippen LogP contribution in [0.4, 0.5) is 0 Å². The first-order valence-electron chi connectivity index (χ1n) is 6.55.